The summed E-state index contributed by atoms with van der Waals surface area (Å²) in [6, 6.07) is -0.144. The second-order valence-electron chi connectivity index (χ2n) is 3.51. The molecule has 1 fully saturated rings. The Hall–Kier alpha value is -0.610. The lowest BCUT2D eigenvalue weighted by Gasteiger charge is -2.24. The number of amides is 1. The van der Waals surface area contributed by atoms with Crippen LogP contribution in [0.2, 0.25) is 0 Å². The number of carbonyl (C=O) groups is 1. The fourth-order valence-electron chi connectivity index (χ4n) is 1.54. The zero-order chi connectivity index (χ0) is 9.30. The molecule has 0 bridgehead atoms. The van der Waals surface area contributed by atoms with Crippen molar-refractivity contribution in [3.63, 3.8) is 0 Å². The maximum absolute atomic E-state index is 11.4. The quantitative estimate of drug-likeness (QED) is 0.547. The molecule has 3 atom stereocenters. The van der Waals surface area contributed by atoms with Gasteiger partial charge in [-0.15, -0.1) is 0 Å². The van der Waals surface area contributed by atoms with E-state index in [0.29, 0.717) is 0 Å². The normalized spacial score (nSPS) is 32.2. The molecule has 0 aromatic carbocycles. The highest BCUT2D eigenvalue weighted by Gasteiger charge is 2.32. The highest BCUT2D eigenvalue weighted by atomic mass is 16.2. The van der Waals surface area contributed by atoms with E-state index in [2.05, 4.69) is 0 Å². The van der Waals surface area contributed by atoms with Crippen LogP contribution < -0.4 is 11.5 Å². The minimum Gasteiger partial charge on any atom is -0.337 e. The van der Waals surface area contributed by atoms with Crippen LogP contribution in [-0.2, 0) is 4.79 Å². The number of carbonyl (C=O) groups excluding carboxylic acids is 1. The predicted octanol–water partition coefficient (Wildman–Crippen LogP) is -0.718. The van der Waals surface area contributed by atoms with Gasteiger partial charge in [-0.1, -0.05) is 0 Å². The van der Waals surface area contributed by atoms with Crippen molar-refractivity contribution in [1.82, 2.24) is 4.90 Å². The molecule has 0 aliphatic carbocycles. The maximum atomic E-state index is 11.4. The van der Waals surface area contributed by atoms with Crippen LogP contribution >= 0.6 is 0 Å². The average Bonchev–Trinajstić information content (AvgIpc) is 2.32. The van der Waals surface area contributed by atoms with Crippen molar-refractivity contribution in [3.05, 3.63) is 0 Å². The Morgan fingerprint density at radius 1 is 1.67 bits per heavy atom. The van der Waals surface area contributed by atoms with E-state index in [1.165, 1.54) is 0 Å². The molecule has 0 aromatic rings. The number of rotatable bonds is 1. The van der Waals surface area contributed by atoms with Gasteiger partial charge in [0.2, 0.25) is 5.91 Å². The molecule has 70 valence electrons. The van der Waals surface area contributed by atoms with Crippen LogP contribution in [-0.4, -0.2) is 35.5 Å². The summed E-state index contributed by atoms with van der Waals surface area (Å²) >= 11 is 0. The summed E-state index contributed by atoms with van der Waals surface area (Å²) in [5.41, 5.74) is 11.3. The second-order valence-corrected chi connectivity index (χ2v) is 3.51. The summed E-state index contributed by atoms with van der Waals surface area (Å²) in [6.45, 7) is 4.43. The summed E-state index contributed by atoms with van der Waals surface area (Å²) in [5.74, 6) is 0.00968. The van der Waals surface area contributed by atoms with Gasteiger partial charge < -0.3 is 16.4 Å². The first-order valence-corrected chi connectivity index (χ1v) is 4.35. The molecule has 1 saturated heterocycles. The topological polar surface area (TPSA) is 72.4 Å². The molecular weight excluding hydrogens is 154 g/mol. The summed E-state index contributed by atoms with van der Waals surface area (Å²) < 4.78 is 0. The van der Waals surface area contributed by atoms with E-state index in [9.17, 15) is 4.79 Å². The lowest BCUT2D eigenvalue weighted by atomic mass is 10.1. The Morgan fingerprint density at radius 3 is 2.58 bits per heavy atom. The molecular formula is C8H17N3O. The molecule has 1 rings (SSSR count). The van der Waals surface area contributed by atoms with Crippen molar-refractivity contribution in [3.8, 4) is 0 Å². The zero-order valence-corrected chi connectivity index (χ0v) is 7.66. The number of nitrogens with two attached hydrogens (primary N) is 2. The molecule has 0 aromatic heterocycles. The number of likely N-dealkylation sites (tertiary alicyclic amines) is 1. The van der Waals surface area contributed by atoms with Crippen molar-refractivity contribution >= 4 is 5.91 Å². The third-order valence-electron chi connectivity index (χ3n) is 2.49. The molecule has 1 amide bonds. The number of hydrogen-bond acceptors (Lipinski definition) is 3. The van der Waals surface area contributed by atoms with Crippen molar-refractivity contribution in [1.29, 1.82) is 0 Å². The Labute approximate surface area is 72.9 Å². The van der Waals surface area contributed by atoms with E-state index < -0.39 is 6.04 Å². The number of hydrogen-bond donors (Lipinski definition) is 2. The van der Waals surface area contributed by atoms with Gasteiger partial charge in [0.15, 0.2) is 0 Å². The molecule has 1 aliphatic rings. The molecule has 12 heavy (non-hydrogen) atoms. The number of nitrogens with zero attached hydrogens (tertiary/aromatic N) is 1. The van der Waals surface area contributed by atoms with Gasteiger partial charge in [-0.3, -0.25) is 4.79 Å². The van der Waals surface area contributed by atoms with Gasteiger partial charge >= 0.3 is 0 Å². The van der Waals surface area contributed by atoms with Gasteiger partial charge in [0.1, 0.15) is 0 Å². The van der Waals surface area contributed by atoms with Crippen molar-refractivity contribution in [2.45, 2.75) is 38.4 Å². The molecule has 0 radical (unpaired) electrons. The fourth-order valence-corrected chi connectivity index (χ4v) is 1.54. The molecule has 0 spiro atoms. The first-order chi connectivity index (χ1) is 5.54. The van der Waals surface area contributed by atoms with Crippen molar-refractivity contribution in [2.24, 2.45) is 11.5 Å². The predicted molar refractivity (Wildman–Crippen MR) is 47.4 cm³/mol. The maximum Gasteiger partial charge on any atom is 0.239 e. The van der Waals surface area contributed by atoms with Gasteiger partial charge in [0, 0.05) is 18.6 Å². The molecule has 4 N–H and O–H groups in total. The molecule has 0 saturated carbocycles. The van der Waals surface area contributed by atoms with Crippen LogP contribution in [0.5, 0.6) is 0 Å². The zero-order valence-electron chi connectivity index (χ0n) is 7.66. The third-order valence-corrected chi connectivity index (χ3v) is 2.49. The van der Waals surface area contributed by atoms with Crippen molar-refractivity contribution in [2.75, 3.05) is 6.54 Å². The highest BCUT2D eigenvalue weighted by Crippen LogP contribution is 2.16. The van der Waals surface area contributed by atoms with Gasteiger partial charge in [-0.05, 0) is 20.3 Å². The summed E-state index contributed by atoms with van der Waals surface area (Å²) in [6.07, 6.45) is 0.889. The average molecular weight is 171 g/mol. The molecule has 3 unspecified atom stereocenters. The van der Waals surface area contributed by atoms with Crippen LogP contribution in [0.1, 0.15) is 20.3 Å². The SMILES string of the molecule is CC(N)C(=O)N1CCC(N)C1C. The monoisotopic (exact) mass is 171 g/mol. The van der Waals surface area contributed by atoms with Gasteiger partial charge in [0.05, 0.1) is 6.04 Å². The van der Waals surface area contributed by atoms with Crippen LogP contribution in [0.3, 0.4) is 0 Å². The second kappa shape index (κ2) is 3.41. The van der Waals surface area contributed by atoms with Gasteiger partial charge in [0.25, 0.3) is 0 Å². The molecule has 1 aliphatic heterocycles. The summed E-state index contributed by atoms with van der Waals surface area (Å²) in [7, 11) is 0. The lowest BCUT2D eigenvalue weighted by Crippen LogP contribution is -2.46. The Morgan fingerprint density at radius 2 is 2.25 bits per heavy atom. The van der Waals surface area contributed by atoms with Gasteiger partial charge in [-0.25, -0.2) is 0 Å². The van der Waals surface area contributed by atoms with E-state index in [1.54, 1.807) is 11.8 Å². The standard InChI is InChI=1S/C8H17N3O/c1-5(9)8(12)11-4-3-7(10)6(11)2/h5-7H,3-4,9-10H2,1-2H3. The minimum absolute atomic E-state index is 0.00968. The van der Waals surface area contributed by atoms with Crippen molar-refractivity contribution < 1.29 is 4.79 Å². The molecule has 1 heterocycles. The molecule has 4 nitrogen and oxygen atoms in total. The Bertz CT molecular complexity index is 181. The molecule has 4 heteroatoms. The third kappa shape index (κ3) is 1.59. The first-order valence-electron chi connectivity index (χ1n) is 4.35. The first kappa shape index (κ1) is 9.48. The summed E-state index contributed by atoms with van der Waals surface area (Å²) in [4.78, 5) is 13.2. The van der Waals surface area contributed by atoms with Crippen LogP contribution in [0, 0.1) is 0 Å². The van der Waals surface area contributed by atoms with Gasteiger partial charge in [-0.2, -0.15) is 0 Å². The van der Waals surface area contributed by atoms with E-state index in [4.69, 9.17) is 11.5 Å². The van der Waals surface area contributed by atoms with Crippen LogP contribution in [0.15, 0.2) is 0 Å². The van der Waals surface area contributed by atoms with E-state index in [0.717, 1.165) is 13.0 Å². The Balaban J connectivity index is 2.59. The Kier molecular flexibility index (Phi) is 2.69. The van der Waals surface area contributed by atoms with Crippen LogP contribution in [0.4, 0.5) is 0 Å². The fraction of sp³-hybridized carbons (Fsp3) is 0.875. The van der Waals surface area contributed by atoms with Crippen LogP contribution in [0.25, 0.3) is 0 Å². The largest absolute Gasteiger partial charge is 0.337 e. The van der Waals surface area contributed by atoms with E-state index in [1.807, 2.05) is 6.92 Å². The smallest absolute Gasteiger partial charge is 0.239 e. The van der Waals surface area contributed by atoms with E-state index in [-0.39, 0.29) is 18.0 Å². The van der Waals surface area contributed by atoms with E-state index >= 15 is 0 Å². The highest BCUT2D eigenvalue weighted by molar-refractivity contribution is 5.81. The minimum atomic E-state index is -0.405. The summed E-state index contributed by atoms with van der Waals surface area (Å²) in [5, 5.41) is 0. The lowest BCUT2D eigenvalue weighted by molar-refractivity contribution is -0.132.